The number of rotatable bonds is 8. The molecule has 6 nitrogen and oxygen atoms in total. The minimum absolute atomic E-state index is 0.0162. The van der Waals surface area contributed by atoms with E-state index in [2.05, 4.69) is 15.6 Å². The van der Waals surface area contributed by atoms with Crippen LogP contribution in [0.15, 0.2) is 59.0 Å². The van der Waals surface area contributed by atoms with Crippen LogP contribution < -0.4 is 10.6 Å². The molecule has 1 saturated carbocycles. The number of carbonyl (C=O) groups excluding carboxylic acids is 2. The fourth-order valence-corrected chi connectivity index (χ4v) is 4.75. The largest absolute Gasteiger partial charge is 0.437 e. The van der Waals surface area contributed by atoms with Crippen LogP contribution in [0, 0.1) is 11.7 Å². The number of halogens is 4. The third kappa shape index (κ3) is 5.85. The first-order chi connectivity index (χ1) is 19.0. The molecule has 2 aromatic heterocycles. The first-order valence-corrected chi connectivity index (χ1v) is 13.0. The lowest BCUT2D eigenvalue weighted by molar-refractivity contribution is -0.134. The van der Waals surface area contributed by atoms with Crippen molar-refractivity contribution in [3.05, 3.63) is 77.2 Å². The Hall–Kier alpha value is -4.21. The first kappa shape index (κ1) is 27.4. The Labute approximate surface area is 227 Å². The summed E-state index contributed by atoms with van der Waals surface area (Å²) in [6.07, 6.45) is -3.86. The van der Waals surface area contributed by atoms with Crippen molar-refractivity contribution in [3.63, 3.8) is 0 Å². The van der Waals surface area contributed by atoms with Crippen LogP contribution in [0.2, 0.25) is 0 Å². The highest BCUT2D eigenvalue weighted by Gasteiger charge is 2.30. The number of hydrogen-bond donors (Lipinski definition) is 2. The van der Waals surface area contributed by atoms with Crippen LogP contribution in [-0.2, 0) is 6.42 Å². The summed E-state index contributed by atoms with van der Waals surface area (Å²) < 4.78 is 59.2. The van der Waals surface area contributed by atoms with Crippen molar-refractivity contribution in [2.24, 2.45) is 5.92 Å². The molecule has 0 aliphatic heterocycles. The lowest BCUT2D eigenvalue weighted by atomic mass is 9.96. The van der Waals surface area contributed by atoms with E-state index in [-0.39, 0.29) is 40.1 Å². The van der Waals surface area contributed by atoms with Crippen LogP contribution >= 0.6 is 0 Å². The predicted octanol–water partition coefficient (Wildman–Crippen LogP) is 6.68. The van der Waals surface area contributed by atoms with Crippen molar-refractivity contribution in [1.82, 2.24) is 15.6 Å². The highest BCUT2D eigenvalue weighted by Crippen LogP contribution is 2.38. The predicted molar refractivity (Wildman–Crippen MR) is 142 cm³/mol. The van der Waals surface area contributed by atoms with E-state index >= 15 is 0 Å². The third-order valence-corrected chi connectivity index (χ3v) is 7.09. The Morgan fingerprint density at radius 3 is 2.42 bits per heavy atom. The number of hydrogen-bond acceptors (Lipinski definition) is 4. The molecule has 208 valence electrons. The molecule has 1 aliphatic carbocycles. The van der Waals surface area contributed by atoms with Crippen LogP contribution in [0.4, 0.5) is 17.6 Å². The third-order valence-electron chi connectivity index (χ3n) is 7.09. The fourth-order valence-electron chi connectivity index (χ4n) is 4.75. The number of aromatic nitrogens is 1. The summed E-state index contributed by atoms with van der Waals surface area (Å²) in [5.74, 6) is -0.696. The molecule has 0 unspecified atom stereocenters. The molecule has 2 heterocycles. The molecule has 10 heteroatoms. The topological polar surface area (TPSA) is 84.2 Å². The minimum atomic E-state index is -4.43. The second kappa shape index (κ2) is 10.7. The standard InChI is InChI=1S/C30H27F4N3O3/c1-16(17-6-7-17)36-27(38)20-5-3-4-19(14-20)22-15-23-25(28(39)35-2)26(18-8-10-21(31)11-9-18)40-29(23)37-24(22)12-13-30(32,33)34/h3-5,8-11,14-17H,6-7,12-13H2,1-2H3,(H,35,39)(H,36,38)/t16-/m0/s1. The minimum Gasteiger partial charge on any atom is -0.437 e. The second-order valence-corrected chi connectivity index (χ2v) is 10.0. The average Bonchev–Trinajstić information content (AvgIpc) is 3.72. The Morgan fingerprint density at radius 2 is 1.77 bits per heavy atom. The Kier molecular flexibility index (Phi) is 7.35. The van der Waals surface area contributed by atoms with Gasteiger partial charge >= 0.3 is 6.18 Å². The van der Waals surface area contributed by atoms with Gasteiger partial charge < -0.3 is 15.1 Å². The highest BCUT2D eigenvalue weighted by atomic mass is 19.4. The van der Waals surface area contributed by atoms with Gasteiger partial charge in [-0.1, -0.05) is 12.1 Å². The molecule has 4 aromatic rings. The van der Waals surface area contributed by atoms with E-state index in [1.165, 1.54) is 31.3 Å². The van der Waals surface area contributed by atoms with Crippen LogP contribution in [0.1, 0.15) is 52.6 Å². The molecule has 1 fully saturated rings. The van der Waals surface area contributed by atoms with E-state index in [4.69, 9.17) is 4.42 Å². The van der Waals surface area contributed by atoms with Gasteiger partial charge in [0.15, 0.2) is 0 Å². The number of carbonyl (C=O) groups is 2. The fraction of sp³-hybridized carbons (Fsp3) is 0.300. The Morgan fingerprint density at radius 1 is 1.05 bits per heavy atom. The maximum Gasteiger partial charge on any atom is 0.389 e. The molecule has 2 N–H and O–H groups in total. The molecular formula is C30H27F4N3O3. The van der Waals surface area contributed by atoms with Gasteiger partial charge in [-0.2, -0.15) is 13.2 Å². The molecule has 40 heavy (non-hydrogen) atoms. The normalized spacial score (nSPS) is 14.2. The quantitative estimate of drug-likeness (QED) is 0.238. The first-order valence-electron chi connectivity index (χ1n) is 13.0. The molecule has 0 saturated heterocycles. The summed E-state index contributed by atoms with van der Waals surface area (Å²) in [6, 6.07) is 13.5. The average molecular weight is 554 g/mol. The number of nitrogens with one attached hydrogen (secondary N) is 2. The van der Waals surface area contributed by atoms with E-state index in [0.717, 1.165) is 12.8 Å². The maximum atomic E-state index is 13.6. The summed E-state index contributed by atoms with van der Waals surface area (Å²) >= 11 is 0. The van der Waals surface area contributed by atoms with Crippen molar-refractivity contribution in [3.8, 4) is 22.5 Å². The van der Waals surface area contributed by atoms with Gasteiger partial charge in [0.1, 0.15) is 11.6 Å². The number of alkyl halides is 3. The van der Waals surface area contributed by atoms with Gasteiger partial charge in [-0.05, 0) is 80.1 Å². The van der Waals surface area contributed by atoms with Crippen molar-refractivity contribution < 1.29 is 31.6 Å². The summed E-state index contributed by atoms with van der Waals surface area (Å²) in [4.78, 5) is 30.3. The van der Waals surface area contributed by atoms with Gasteiger partial charge in [0.05, 0.1) is 16.6 Å². The summed E-state index contributed by atoms with van der Waals surface area (Å²) in [6.45, 7) is 1.95. The lowest BCUT2D eigenvalue weighted by Gasteiger charge is -2.14. The summed E-state index contributed by atoms with van der Waals surface area (Å²) in [5, 5.41) is 5.82. The van der Waals surface area contributed by atoms with E-state index in [1.807, 2.05) is 6.92 Å². The molecule has 0 radical (unpaired) electrons. The van der Waals surface area contributed by atoms with Crippen LogP contribution in [-0.4, -0.2) is 36.1 Å². The van der Waals surface area contributed by atoms with Crippen molar-refractivity contribution in [2.45, 2.75) is 44.8 Å². The number of aryl methyl sites for hydroxylation is 1. The van der Waals surface area contributed by atoms with Gasteiger partial charge in [-0.3, -0.25) is 9.59 Å². The number of benzene rings is 2. The van der Waals surface area contributed by atoms with E-state index in [9.17, 15) is 27.2 Å². The molecule has 5 rings (SSSR count). The van der Waals surface area contributed by atoms with Crippen LogP contribution in [0.25, 0.3) is 33.6 Å². The lowest BCUT2D eigenvalue weighted by Crippen LogP contribution is -2.33. The highest BCUT2D eigenvalue weighted by molar-refractivity contribution is 6.11. The molecule has 2 aromatic carbocycles. The maximum absolute atomic E-state index is 13.6. The SMILES string of the molecule is CNC(=O)c1c(-c2ccc(F)cc2)oc2nc(CCC(F)(F)F)c(-c3cccc(C(=O)N[C@@H](C)C4CC4)c3)cc12. The van der Waals surface area contributed by atoms with E-state index in [1.54, 1.807) is 30.3 Å². The molecule has 2 amide bonds. The number of nitrogens with zero attached hydrogens (tertiary/aromatic N) is 1. The molecular weight excluding hydrogens is 526 g/mol. The molecule has 0 bridgehead atoms. The van der Waals surface area contributed by atoms with Gasteiger partial charge in [0, 0.05) is 36.2 Å². The van der Waals surface area contributed by atoms with Crippen molar-refractivity contribution in [1.29, 1.82) is 0 Å². The number of pyridine rings is 1. The zero-order valence-corrected chi connectivity index (χ0v) is 21.9. The van der Waals surface area contributed by atoms with E-state index < -0.39 is 30.7 Å². The monoisotopic (exact) mass is 553 g/mol. The zero-order chi connectivity index (χ0) is 28.6. The van der Waals surface area contributed by atoms with Gasteiger partial charge in [-0.15, -0.1) is 0 Å². The van der Waals surface area contributed by atoms with Gasteiger partial charge in [-0.25, -0.2) is 9.37 Å². The summed E-state index contributed by atoms with van der Waals surface area (Å²) in [5.41, 5.74) is 1.79. The number of fused-ring (bicyclic) bond motifs is 1. The molecule has 0 spiro atoms. The van der Waals surface area contributed by atoms with Gasteiger partial charge in [0.25, 0.3) is 11.8 Å². The second-order valence-electron chi connectivity index (χ2n) is 10.0. The molecule has 1 atom stereocenters. The summed E-state index contributed by atoms with van der Waals surface area (Å²) in [7, 11) is 1.44. The number of furan rings is 1. The van der Waals surface area contributed by atoms with Crippen LogP contribution in [0.3, 0.4) is 0 Å². The van der Waals surface area contributed by atoms with Gasteiger partial charge in [0.2, 0.25) is 5.71 Å². The zero-order valence-electron chi connectivity index (χ0n) is 21.9. The smallest absolute Gasteiger partial charge is 0.389 e. The number of amides is 2. The van der Waals surface area contributed by atoms with Crippen molar-refractivity contribution in [2.75, 3.05) is 7.05 Å². The Bertz CT molecular complexity index is 1570. The van der Waals surface area contributed by atoms with Crippen molar-refractivity contribution >= 4 is 22.9 Å². The molecule has 1 aliphatic rings. The van der Waals surface area contributed by atoms with Crippen LogP contribution in [0.5, 0.6) is 0 Å². The Balaban J connectivity index is 1.65. The van der Waals surface area contributed by atoms with E-state index in [0.29, 0.717) is 28.2 Å².